The molecule has 0 atom stereocenters. The summed E-state index contributed by atoms with van der Waals surface area (Å²) in [5, 5.41) is 16.2. The lowest BCUT2D eigenvalue weighted by Gasteiger charge is -2.07. The molecule has 6 nitrogen and oxygen atoms in total. The molecule has 3 rings (SSSR count). The summed E-state index contributed by atoms with van der Waals surface area (Å²) in [4.78, 5) is 0. The van der Waals surface area contributed by atoms with E-state index in [0.717, 1.165) is 41.9 Å². The Balaban J connectivity index is 0.00000243. The van der Waals surface area contributed by atoms with Gasteiger partial charge < -0.3 is 22.5 Å². The number of hydrogen-bond acceptors (Lipinski definition) is 6. The number of methoxy groups -OCH3 is 1. The van der Waals surface area contributed by atoms with Gasteiger partial charge in [0.05, 0.1) is 12.8 Å². The van der Waals surface area contributed by atoms with Gasteiger partial charge in [0, 0.05) is 12.3 Å². The van der Waals surface area contributed by atoms with Crippen LogP contribution in [-0.2, 0) is 6.54 Å². The highest BCUT2D eigenvalue weighted by Crippen LogP contribution is 2.18. The molecule has 3 aromatic rings. The zero-order valence-electron chi connectivity index (χ0n) is 14.5. The van der Waals surface area contributed by atoms with Crippen LogP contribution in [0.2, 0.25) is 0 Å². The van der Waals surface area contributed by atoms with E-state index < -0.39 is 0 Å². The lowest BCUT2D eigenvalue weighted by atomic mass is 10.2. The highest BCUT2D eigenvalue weighted by molar-refractivity contribution is 7.99. The molecule has 0 unspecified atom stereocenters. The fourth-order valence-electron chi connectivity index (χ4n) is 2.38. The van der Waals surface area contributed by atoms with Gasteiger partial charge in [0.2, 0.25) is 5.16 Å². The maximum Gasteiger partial charge on any atom is 0.214 e. The van der Waals surface area contributed by atoms with E-state index in [1.54, 1.807) is 23.6 Å². The predicted octanol–water partition coefficient (Wildman–Crippen LogP) is -0.0531. The summed E-state index contributed by atoms with van der Waals surface area (Å²) in [6, 6.07) is 18.0. The molecule has 26 heavy (non-hydrogen) atoms. The molecule has 2 aromatic carbocycles. The molecule has 1 aromatic heterocycles. The summed E-state index contributed by atoms with van der Waals surface area (Å²) in [5.74, 6) is 1.85. The Morgan fingerprint density at radius 2 is 1.96 bits per heavy atom. The van der Waals surface area contributed by atoms with Crippen molar-refractivity contribution in [2.45, 2.75) is 18.1 Å². The molecular weight excluding hydrogens is 370 g/mol. The highest BCUT2D eigenvalue weighted by Gasteiger charge is 2.07. The van der Waals surface area contributed by atoms with Crippen molar-refractivity contribution in [2.24, 2.45) is 0 Å². The van der Waals surface area contributed by atoms with Gasteiger partial charge in [-0.05, 0) is 53.2 Å². The quantitative estimate of drug-likeness (QED) is 0.408. The van der Waals surface area contributed by atoms with Crippen molar-refractivity contribution < 1.29 is 17.1 Å². The highest BCUT2D eigenvalue weighted by atomic mass is 35.5. The number of thioether (sulfide) groups is 1. The number of halogens is 1. The standard InChI is InChI=1S/C18H21N5OS.ClH/c1-24-17-10-5-7-15(13-17)14-19-11-6-12-25-18-20-21-22-23(18)16-8-3-2-4-9-16;/h2-5,7-10,13,19H,6,11-12,14H2,1H3;1H/p-1. The van der Waals surface area contributed by atoms with Crippen LogP contribution in [0.1, 0.15) is 12.0 Å². The van der Waals surface area contributed by atoms with Crippen molar-refractivity contribution in [3.63, 3.8) is 0 Å². The normalized spacial score (nSPS) is 10.3. The van der Waals surface area contributed by atoms with Crippen LogP contribution in [0.15, 0.2) is 59.8 Å². The molecule has 8 heteroatoms. The SMILES string of the molecule is COc1cccc(CNCCCSc2nnnn2-c2ccccc2)c1.[Cl-]. The van der Waals surface area contributed by atoms with Crippen molar-refractivity contribution in [2.75, 3.05) is 19.4 Å². The van der Waals surface area contributed by atoms with E-state index in [-0.39, 0.29) is 12.4 Å². The van der Waals surface area contributed by atoms with Crippen LogP contribution in [0, 0.1) is 0 Å². The summed E-state index contributed by atoms with van der Waals surface area (Å²) >= 11 is 1.67. The summed E-state index contributed by atoms with van der Waals surface area (Å²) in [7, 11) is 1.69. The van der Waals surface area contributed by atoms with E-state index in [0.29, 0.717) is 0 Å². The van der Waals surface area contributed by atoms with Crippen LogP contribution < -0.4 is 22.5 Å². The number of tetrazole rings is 1. The molecule has 138 valence electrons. The Morgan fingerprint density at radius 1 is 1.12 bits per heavy atom. The maximum absolute atomic E-state index is 5.24. The van der Waals surface area contributed by atoms with Crippen LogP contribution in [0.3, 0.4) is 0 Å². The second kappa shape index (κ2) is 10.8. The largest absolute Gasteiger partial charge is 1.00 e. The van der Waals surface area contributed by atoms with E-state index in [1.807, 2.05) is 42.5 Å². The number of aromatic nitrogens is 4. The van der Waals surface area contributed by atoms with E-state index in [1.165, 1.54) is 5.56 Å². The fraction of sp³-hybridized carbons (Fsp3) is 0.278. The Kier molecular flexibility index (Phi) is 8.40. The molecule has 0 aliphatic heterocycles. The second-order valence-electron chi connectivity index (χ2n) is 5.44. The predicted molar refractivity (Wildman–Crippen MR) is 99.2 cm³/mol. The van der Waals surface area contributed by atoms with Gasteiger partial charge in [-0.2, -0.15) is 4.68 Å². The first kappa shape index (κ1) is 20.2. The van der Waals surface area contributed by atoms with Gasteiger partial charge in [0.1, 0.15) is 5.75 Å². The van der Waals surface area contributed by atoms with Crippen LogP contribution in [-0.4, -0.2) is 39.6 Å². The van der Waals surface area contributed by atoms with Crippen molar-refractivity contribution in [3.8, 4) is 11.4 Å². The van der Waals surface area contributed by atoms with Crippen molar-refractivity contribution in [3.05, 3.63) is 60.2 Å². The number of rotatable bonds is 9. The third kappa shape index (κ3) is 5.72. The summed E-state index contributed by atoms with van der Waals surface area (Å²) in [6.45, 7) is 1.78. The Bertz CT molecular complexity index is 784. The summed E-state index contributed by atoms with van der Waals surface area (Å²) in [6.07, 6.45) is 1.04. The van der Waals surface area contributed by atoms with Crippen molar-refractivity contribution in [1.82, 2.24) is 25.5 Å². The lowest BCUT2D eigenvalue weighted by Crippen LogP contribution is -3.00. The first-order valence-corrected chi connectivity index (χ1v) is 9.15. The van der Waals surface area contributed by atoms with Gasteiger partial charge >= 0.3 is 0 Å². The first-order chi connectivity index (χ1) is 12.4. The molecule has 0 spiro atoms. The molecular formula is C18H21ClN5OS-. The number of nitrogens with zero attached hydrogens (tertiary/aromatic N) is 4. The van der Waals surface area contributed by atoms with Gasteiger partial charge in [-0.3, -0.25) is 0 Å². The Morgan fingerprint density at radius 3 is 2.77 bits per heavy atom. The van der Waals surface area contributed by atoms with Crippen LogP contribution in [0.4, 0.5) is 0 Å². The van der Waals surface area contributed by atoms with Gasteiger partial charge in [0.15, 0.2) is 0 Å². The average molecular weight is 391 g/mol. The maximum atomic E-state index is 5.24. The van der Waals surface area contributed by atoms with Gasteiger partial charge in [-0.15, -0.1) is 5.10 Å². The third-order valence-corrected chi connectivity index (χ3v) is 4.64. The van der Waals surface area contributed by atoms with E-state index in [9.17, 15) is 0 Å². The fourth-order valence-corrected chi connectivity index (χ4v) is 3.21. The molecule has 0 saturated carbocycles. The van der Waals surface area contributed by atoms with E-state index >= 15 is 0 Å². The van der Waals surface area contributed by atoms with E-state index in [4.69, 9.17) is 4.74 Å². The first-order valence-electron chi connectivity index (χ1n) is 8.17. The minimum Gasteiger partial charge on any atom is -1.00 e. The zero-order valence-corrected chi connectivity index (χ0v) is 16.1. The topological polar surface area (TPSA) is 64.9 Å². The minimum atomic E-state index is 0. The zero-order chi connectivity index (χ0) is 17.3. The number of benzene rings is 2. The van der Waals surface area contributed by atoms with Gasteiger partial charge in [0.25, 0.3) is 0 Å². The van der Waals surface area contributed by atoms with Crippen LogP contribution in [0.5, 0.6) is 5.75 Å². The summed E-state index contributed by atoms with van der Waals surface area (Å²) in [5.41, 5.74) is 2.20. The second-order valence-corrected chi connectivity index (χ2v) is 6.50. The molecule has 1 N–H and O–H groups in total. The average Bonchev–Trinajstić information content (AvgIpc) is 3.14. The van der Waals surface area contributed by atoms with Crippen LogP contribution in [0.25, 0.3) is 5.69 Å². The van der Waals surface area contributed by atoms with Gasteiger partial charge in [-0.1, -0.05) is 42.1 Å². The number of para-hydroxylation sites is 1. The lowest BCUT2D eigenvalue weighted by molar-refractivity contribution is -0.00000552. The molecule has 0 amide bonds. The van der Waals surface area contributed by atoms with Crippen LogP contribution >= 0.6 is 11.8 Å². The van der Waals surface area contributed by atoms with Crippen molar-refractivity contribution >= 4 is 11.8 Å². The third-order valence-electron chi connectivity index (χ3n) is 3.63. The Labute approximate surface area is 163 Å². The molecule has 0 saturated heterocycles. The number of ether oxygens (including phenoxy) is 1. The molecule has 0 aliphatic carbocycles. The molecule has 0 radical (unpaired) electrons. The molecule has 0 bridgehead atoms. The monoisotopic (exact) mass is 390 g/mol. The molecule has 1 heterocycles. The van der Waals surface area contributed by atoms with Crippen molar-refractivity contribution in [1.29, 1.82) is 0 Å². The minimum absolute atomic E-state index is 0. The molecule has 0 aliphatic rings. The molecule has 0 fully saturated rings. The van der Waals surface area contributed by atoms with E-state index in [2.05, 4.69) is 33.0 Å². The Hall–Kier alpha value is -2.09. The number of nitrogens with one attached hydrogen (secondary N) is 1. The smallest absolute Gasteiger partial charge is 0.214 e. The summed E-state index contributed by atoms with van der Waals surface area (Å²) < 4.78 is 7.01. The van der Waals surface area contributed by atoms with Gasteiger partial charge in [-0.25, -0.2) is 0 Å². The number of hydrogen-bond donors (Lipinski definition) is 1.